The lowest BCUT2D eigenvalue weighted by Gasteiger charge is -2.19. The van der Waals surface area contributed by atoms with Crippen molar-refractivity contribution in [1.82, 2.24) is 10.0 Å². The number of thioether (sulfide) groups is 1. The van der Waals surface area contributed by atoms with Crippen LogP contribution in [-0.4, -0.2) is 32.4 Å². The van der Waals surface area contributed by atoms with Crippen molar-refractivity contribution in [3.05, 3.63) is 65.0 Å². The van der Waals surface area contributed by atoms with Gasteiger partial charge in [-0.25, -0.2) is 8.42 Å². The molecule has 2 unspecified atom stereocenters. The highest BCUT2D eigenvalue weighted by atomic mass is 32.2. The normalized spacial score (nSPS) is 14.1. The van der Waals surface area contributed by atoms with Gasteiger partial charge in [0.15, 0.2) is 0 Å². The molecule has 28 heavy (non-hydrogen) atoms. The third kappa shape index (κ3) is 7.18. The van der Waals surface area contributed by atoms with Crippen LogP contribution in [0.2, 0.25) is 0 Å². The van der Waals surface area contributed by atoms with E-state index in [-0.39, 0.29) is 11.9 Å². The second kappa shape index (κ2) is 10.5. The van der Waals surface area contributed by atoms with Crippen LogP contribution in [0.5, 0.6) is 0 Å². The third-order valence-electron chi connectivity index (χ3n) is 4.02. The molecular weight excluding hydrogens is 396 g/mol. The standard InChI is InChI=1S/C20H26N2O4S2/c1-15-9-10-19(26-15)16(2)21-20(23)18(11-13-27-3)22-28(24,25)14-12-17-7-5-4-6-8-17/h4-10,12,14,16,18,22H,11,13H2,1-3H3,(H,21,23)/b14-12+. The van der Waals surface area contributed by atoms with Crippen LogP contribution in [0.25, 0.3) is 6.08 Å². The van der Waals surface area contributed by atoms with Gasteiger partial charge in [-0.15, -0.1) is 0 Å². The first-order chi connectivity index (χ1) is 13.3. The molecule has 0 aliphatic carbocycles. The fraction of sp³-hybridized carbons (Fsp3) is 0.350. The smallest absolute Gasteiger partial charge is 0.238 e. The minimum atomic E-state index is -3.77. The summed E-state index contributed by atoms with van der Waals surface area (Å²) in [4.78, 5) is 12.7. The maximum atomic E-state index is 12.7. The molecule has 0 spiro atoms. The first kappa shape index (κ1) is 22.3. The molecule has 2 N–H and O–H groups in total. The molecule has 8 heteroatoms. The summed E-state index contributed by atoms with van der Waals surface area (Å²) >= 11 is 1.55. The second-order valence-electron chi connectivity index (χ2n) is 6.39. The number of benzene rings is 1. The fourth-order valence-corrected chi connectivity index (χ4v) is 4.03. The average molecular weight is 423 g/mol. The van der Waals surface area contributed by atoms with Gasteiger partial charge in [-0.1, -0.05) is 30.3 Å². The van der Waals surface area contributed by atoms with Gasteiger partial charge in [0.05, 0.1) is 6.04 Å². The molecule has 2 rings (SSSR count). The minimum absolute atomic E-state index is 0.359. The quantitative estimate of drug-likeness (QED) is 0.612. The fourth-order valence-electron chi connectivity index (χ4n) is 2.52. The molecule has 0 saturated carbocycles. The Labute approximate surface area is 170 Å². The highest BCUT2D eigenvalue weighted by molar-refractivity contribution is 7.98. The topological polar surface area (TPSA) is 88.4 Å². The molecule has 0 bridgehead atoms. The van der Waals surface area contributed by atoms with Gasteiger partial charge in [-0.05, 0) is 56.0 Å². The van der Waals surface area contributed by atoms with Crippen molar-refractivity contribution in [2.24, 2.45) is 0 Å². The maximum absolute atomic E-state index is 12.7. The van der Waals surface area contributed by atoms with Crippen molar-refractivity contribution in [2.75, 3.05) is 12.0 Å². The monoisotopic (exact) mass is 422 g/mol. The lowest BCUT2D eigenvalue weighted by molar-refractivity contribution is -0.123. The Morgan fingerprint density at radius 3 is 2.54 bits per heavy atom. The van der Waals surface area contributed by atoms with Crippen LogP contribution in [-0.2, 0) is 14.8 Å². The predicted molar refractivity (Wildman–Crippen MR) is 114 cm³/mol. The lowest BCUT2D eigenvalue weighted by Crippen LogP contribution is -2.47. The molecule has 0 aliphatic heterocycles. The summed E-state index contributed by atoms with van der Waals surface area (Å²) in [6.07, 6.45) is 3.79. The number of amides is 1. The van der Waals surface area contributed by atoms with Crippen molar-refractivity contribution in [2.45, 2.75) is 32.4 Å². The van der Waals surface area contributed by atoms with Crippen molar-refractivity contribution >= 4 is 33.8 Å². The number of hydrogen-bond acceptors (Lipinski definition) is 5. The van der Waals surface area contributed by atoms with E-state index in [1.54, 1.807) is 36.9 Å². The van der Waals surface area contributed by atoms with Gasteiger partial charge >= 0.3 is 0 Å². The molecule has 1 heterocycles. The van der Waals surface area contributed by atoms with E-state index >= 15 is 0 Å². The Kier molecular flexibility index (Phi) is 8.35. The Hall–Kier alpha value is -2.03. The molecule has 2 aromatic rings. The molecule has 1 amide bonds. The summed E-state index contributed by atoms with van der Waals surface area (Å²) in [5, 5.41) is 3.91. The van der Waals surface area contributed by atoms with Gasteiger partial charge in [0.2, 0.25) is 15.9 Å². The van der Waals surface area contributed by atoms with Gasteiger partial charge in [0.25, 0.3) is 0 Å². The van der Waals surface area contributed by atoms with Crippen LogP contribution in [0.3, 0.4) is 0 Å². The van der Waals surface area contributed by atoms with Crippen LogP contribution in [0.15, 0.2) is 52.3 Å². The Morgan fingerprint density at radius 1 is 1.21 bits per heavy atom. The highest BCUT2D eigenvalue weighted by Gasteiger charge is 2.25. The zero-order chi connectivity index (χ0) is 20.6. The van der Waals surface area contributed by atoms with E-state index < -0.39 is 16.1 Å². The van der Waals surface area contributed by atoms with E-state index in [4.69, 9.17) is 4.42 Å². The molecule has 0 fully saturated rings. The summed E-state index contributed by atoms with van der Waals surface area (Å²) in [6, 6.07) is 11.5. The molecule has 1 aromatic carbocycles. The number of carbonyl (C=O) groups is 1. The summed E-state index contributed by atoms with van der Waals surface area (Å²) in [6.45, 7) is 3.62. The van der Waals surface area contributed by atoms with Crippen LogP contribution in [0, 0.1) is 6.92 Å². The van der Waals surface area contributed by atoms with Crippen LogP contribution in [0.1, 0.15) is 36.5 Å². The molecule has 0 aliphatic rings. The molecule has 152 valence electrons. The van der Waals surface area contributed by atoms with Gasteiger partial charge in [0, 0.05) is 5.41 Å². The third-order valence-corrected chi connectivity index (χ3v) is 5.77. The van der Waals surface area contributed by atoms with E-state index in [2.05, 4.69) is 10.0 Å². The van der Waals surface area contributed by atoms with Gasteiger partial charge in [-0.2, -0.15) is 16.5 Å². The summed E-state index contributed by atoms with van der Waals surface area (Å²) in [5.74, 6) is 1.65. The summed E-state index contributed by atoms with van der Waals surface area (Å²) < 4.78 is 32.9. The first-order valence-corrected chi connectivity index (χ1v) is 11.9. The van der Waals surface area contributed by atoms with E-state index in [1.165, 1.54) is 6.08 Å². The van der Waals surface area contributed by atoms with Crippen molar-refractivity contribution in [1.29, 1.82) is 0 Å². The van der Waals surface area contributed by atoms with Gasteiger partial charge in [0.1, 0.15) is 17.6 Å². The number of sulfonamides is 1. The van der Waals surface area contributed by atoms with Crippen molar-refractivity contribution in [3.63, 3.8) is 0 Å². The maximum Gasteiger partial charge on any atom is 0.238 e. The lowest BCUT2D eigenvalue weighted by atomic mass is 10.2. The molecule has 0 saturated heterocycles. The minimum Gasteiger partial charge on any atom is -0.464 e. The van der Waals surface area contributed by atoms with E-state index in [9.17, 15) is 13.2 Å². The Morgan fingerprint density at radius 2 is 1.93 bits per heavy atom. The SMILES string of the molecule is CSCCC(NS(=O)(=O)/C=C/c1ccccc1)C(=O)NC(C)c1ccc(C)o1. The number of aryl methyl sites for hydroxylation is 1. The molecule has 2 atom stereocenters. The number of rotatable bonds is 10. The molecular formula is C20H26N2O4S2. The van der Waals surface area contributed by atoms with Gasteiger partial charge < -0.3 is 9.73 Å². The molecule has 1 aromatic heterocycles. The van der Waals surface area contributed by atoms with Crippen molar-refractivity contribution < 1.29 is 17.6 Å². The number of nitrogens with one attached hydrogen (secondary N) is 2. The van der Waals surface area contributed by atoms with Crippen LogP contribution >= 0.6 is 11.8 Å². The van der Waals surface area contributed by atoms with E-state index in [0.29, 0.717) is 17.9 Å². The predicted octanol–water partition coefficient (Wildman–Crippen LogP) is 3.48. The number of furan rings is 1. The second-order valence-corrected chi connectivity index (χ2v) is 8.97. The highest BCUT2D eigenvalue weighted by Crippen LogP contribution is 2.16. The number of carbonyl (C=O) groups excluding carboxylic acids is 1. The van der Waals surface area contributed by atoms with E-state index in [0.717, 1.165) is 16.7 Å². The van der Waals surface area contributed by atoms with Crippen LogP contribution < -0.4 is 10.0 Å². The van der Waals surface area contributed by atoms with Crippen molar-refractivity contribution in [3.8, 4) is 0 Å². The summed E-state index contributed by atoms with van der Waals surface area (Å²) in [7, 11) is -3.77. The molecule has 0 radical (unpaired) electrons. The van der Waals surface area contributed by atoms with Crippen LogP contribution in [0.4, 0.5) is 0 Å². The first-order valence-electron chi connectivity index (χ1n) is 8.92. The number of hydrogen-bond donors (Lipinski definition) is 2. The summed E-state index contributed by atoms with van der Waals surface area (Å²) in [5.41, 5.74) is 0.764. The average Bonchev–Trinajstić information content (AvgIpc) is 3.11. The van der Waals surface area contributed by atoms with E-state index in [1.807, 2.05) is 37.4 Å². The zero-order valence-corrected chi connectivity index (χ0v) is 17.8. The Balaban J connectivity index is 2.06. The Bertz CT molecular complexity index is 892. The largest absolute Gasteiger partial charge is 0.464 e. The van der Waals surface area contributed by atoms with Gasteiger partial charge in [-0.3, -0.25) is 4.79 Å². The molecule has 6 nitrogen and oxygen atoms in total. The zero-order valence-electron chi connectivity index (χ0n) is 16.2.